The van der Waals surface area contributed by atoms with E-state index in [0.717, 1.165) is 0 Å². The molecule has 5 rings (SSSR count). The van der Waals surface area contributed by atoms with Gasteiger partial charge in [-0.1, -0.05) is 0 Å². The molecule has 0 unspecified atom stereocenters. The van der Waals surface area contributed by atoms with E-state index >= 15 is 0 Å². The number of carbonyl (C=O) groups is 4. The number of amides is 1. The lowest BCUT2D eigenvalue weighted by Crippen LogP contribution is -2.34. The Hall–Kier alpha value is -4.82. The Labute approximate surface area is 303 Å². The van der Waals surface area contributed by atoms with Crippen LogP contribution in [0, 0.1) is 10.8 Å². The molecular weight excluding hydrogens is 672 g/mol. The van der Waals surface area contributed by atoms with Crippen molar-refractivity contribution in [1.82, 2.24) is 5.32 Å². The highest BCUT2D eigenvalue weighted by molar-refractivity contribution is 6.00. The lowest BCUT2D eigenvalue weighted by atomic mass is 9.77. The van der Waals surface area contributed by atoms with Crippen molar-refractivity contribution in [3.05, 3.63) is 82.4 Å². The van der Waals surface area contributed by atoms with Gasteiger partial charge in [0.25, 0.3) is 5.91 Å². The largest absolute Gasteiger partial charge is 0.456 e. The number of esters is 3. The van der Waals surface area contributed by atoms with Crippen LogP contribution >= 0.6 is 0 Å². The second-order valence-electron chi connectivity index (χ2n) is 14.4. The lowest BCUT2D eigenvalue weighted by molar-refractivity contribution is -0.143. The number of rotatable bonds is 14. The molecule has 2 heterocycles. The van der Waals surface area contributed by atoms with Gasteiger partial charge in [-0.3, -0.25) is 14.4 Å². The monoisotopic (exact) mass is 718 g/mol. The van der Waals surface area contributed by atoms with Gasteiger partial charge in [0.1, 0.15) is 23.0 Å². The third-order valence-electron chi connectivity index (χ3n) is 8.20. The number of fused-ring (bicyclic) bond motifs is 6. The second kappa shape index (κ2) is 15.8. The smallest absolute Gasteiger partial charge is 0.340 e. The lowest BCUT2D eigenvalue weighted by Gasteiger charge is -2.37. The molecule has 1 spiro atoms. The zero-order valence-electron chi connectivity index (χ0n) is 30.4. The van der Waals surface area contributed by atoms with E-state index in [1.807, 2.05) is 0 Å². The van der Waals surface area contributed by atoms with E-state index in [1.54, 1.807) is 96.1 Å². The predicted molar refractivity (Wildman–Crippen MR) is 189 cm³/mol. The van der Waals surface area contributed by atoms with Crippen LogP contribution in [0.15, 0.2) is 54.6 Å². The van der Waals surface area contributed by atoms with Gasteiger partial charge >= 0.3 is 17.9 Å². The first kappa shape index (κ1) is 38.4. The molecule has 1 amide bonds. The third-order valence-corrected chi connectivity index (χ3v) is 8.20. The maximum atomic E-state index is 13.5. The summed E-state index contributed by atoms with van der Waals surface area (Å²) in [5, 5.41) is 2.85. The summed E-state index contributed by atoms with van der Waals surface area (Å²) < 4.78 is 40.2. The molecule has 13 nitrogen and oxygen atoms in total. The van der Waals surface area contributed by atoms with Gasteiger partial charge in [0.2, 0.25) is 0 Å². The Bertz CT molecular complexity index is 1750. The molecule has 0 saturated carbocycles. The van der Waals surface area contributed by atoms with E-state index in [-0.39, 0.29) is 47.6 Å². The van der Waals surface area contributed by atoms with Crippen LogP contribution in [0.2, 0.25) is 0 Å². The maximum Gasteiger partial charge on any atom is 0.340 e. The van der Waals surface area contributed by atoms with Gasteiger partial charge in [-0.2, -0.15) is 0 Å². The van der Waals surface area contributed by atoms with Crippen LogP contribution < -0.4 is 25.3 Å². The van der Waals surface area contributed by atoms with Crippen molar-refractivity contribution in [2.75, 3.05) is 52.7 Å². The molecule has 3 N–H and O–H groups in total. The summed E-state index contributed by atoms with van der Waals surface area (Å²) in [6, 6.07) is 14.3. The van der Waals surface area contributed by atoms with E-state index < -0.39 is 34.3 Å². The fraction of sp³-hybridized carbons (Fsp3) is 0.436. The molecule has 0 bridgehead atoms. The Kier molecular flexibility index (Phi) is 11.7. The van der Waals surface area contributed by atoms with Gasteiger partial charge in [0.15, 0.2) is 5.60 Å². The molecule has 0 radical (unpaired) electrons. The Morgan fingerprint density at radius 1 is 0.692 bits per heavy atom. The first-order valence-electron chi connectivity index (χ1n) is 17.2. The van der Waals surface area contributed by atoms with Crippen LogP contribution in [0.1, 0.15) is 78.9 Å². The van der Waals surface area contributed by atoms with Crippen LogP contribution in [-0.4, -0.2) is 76.5 Å². The molecule has 3 aromatic carbocycles. The van der Waals surface area contributed by atoms with Gasteiger partial charge in [0, 0.05) is 47.5 Å². The summed E-state index contributed by atoms with van der Waals surface area (Å²) in [6.07, 6.45) is 0. The standard InChI is InChI=1S/C39H46N2O11/c1-37(2,3)35(44)49-25-8-11-28-31(22-25)51-32-23-26(50-36(45)38(4,5)6)9-12-29(32)39(28)30-21-24(7-10-27(30)34(43)52-39)33(42)41-14-16-47-18-20-48-19-17-46-15-13-40/h7-12,21-23H,13-20,40H2,1-6H3,(H,41,42). The van der Waals surface area contributed by atoms with Gasteiger partial charge in [-0.15, -0.1) is 0 Å². The van der Waals surface area contributed by atoms with E-state index in [2.05, 4.69) is 5.32 Å². The van der Waals surface area contributed by atoms with E-state index in [1.165, 1.54) is 0 Å². The SMILES string of the molecule is CC(C)(C)C(=O)Oc1ccc2c(c1)Oc1cc(OC(=O)C(C)(C)C)ccc1C21OC(=O)c2ccc(C(=O)NCCOCCOCCOCCN)cc21. The second-order valence-corrected chi connectivity index (χ2v) is 14.4. The summed E-state index contributed by atoms with van der Waals surface area (Å²) in [4.78, 5) is 52.4. The summed E-state index contributed by atoms with van der Waals surface area (Å²) in [5.74, 6) is -0.969. The maximum absolute atomic E-state index is 13.5. The molecule has 278 valence electrons. The van der Waals surface area contributed by atoms with Crippen molar-refractivity contribution in [1.29, 1.82) is 0 Å². The van der Waals surface area contributed by atoms with Gasteiger partial charge in [-0.25, -0.2) is 4.79 Å². The first-order valence-corrected chi connectivity index (χ1v) is 17.2. The Morgan fingerprint density at radius 3 is 1.73 bits per heavy atom. The molecule has 0 saturated heterocycles. The number of benzene rings is 3. The summed E-state index contributed by atoms with van der Waals surface area (Å²) >= 11 is 0. The first-order chi connectivity index (χ1) is 24.6. The van der Waals surface area contributed by atoms with E-state index in [4.69, 9.17) is 38.9 Å². The highest BCUT2D eigenvalue weighted by Crippen LogP contribution is 2.57. The number of ether oxygens (including phenoxy) is 7. The van der Waals surface area contributed by atoms with Crippen LogP contribution in [0.3, 0.4) is 0 Å². The third kappa shape index (κ3) is 8.45. The molecule has 0 fully saturated rings. The summed E-state index contributed by atoms with van der Waals surface area (Å²) in [7, 11) is 0. The molecular formula is C39H46N2O11. The highest BCUT2D eigenvalue weighted by atomic mass is 16.6. The van der Waals surface area contributed by atoms with Crippen LogP contribution in [0.5, 0.6) is 23.0 Å². The zero-order chi connectivity index (χ0) is 37.7. The predicted octanol–water partition coefficient (Wildman–Crippen LogP) is 4.90. The van der Waals surface area contributed by atoms with Crippen LogP contribution in [0.4, 0.5) is 0 Å². The average molecular weight is 719 g/mol. The number of hydrogen-bond donors (Lipinski definition) is 2. The van der Waals surface area contributed by atoms with Gasteiger partial charge in [-0.05, 0) is 84.0 Å². The molecule has 0 atom stereocenters. The molecule has 52 heavy (non-hydrogen) atoms. The van der Waals surface area contributed by atoms with E-state index in [0.29, 0.717) is 61.8 Å². The zero-order valence-corrected chi connectivity index (χ0v) is 30.4. The van der Waals surface area contributed by atoms with Gasteiger partial charge < -0.3 is 44.2 Å². The van der Waals surface area contributed by atoms with Crippen molar-refractivity contribution in [3.63, 3.8) is 0 Å². The minimum Gasteiger partial charge on any atom is -0.456 e. The number of carbonyl (C=O) groups excluding carboxylic acids is 4. The van der Waals surface area contributed by atoms with Crippen molar-refractivity contribution in [2.24, 2.45) is 16.6 Å². The minimum absolute atomic E-state index is 0.218. The van der Waals surface area contributed by atoms with Crippen molar-refractivity contribution >= 4 is 23.8 Å². The van der Waals surface area contributed by atoms with Crippen LogP contribution in [0.25, 0.3) is 0 Å². The molecule has 13 heteroatoms. The fourth-order valence-corrected chi connectivity index (χ4v) is 5.43. The van der Waals surface area contributed by atoms with Crippen molar-refractivity contribution < 1.29 is 52.3 Å². The quantitative estimate of drug-likeness (QED) is 0.132. The molecule has 0 aromatic heterocycles. The molecule has 2 aliphatic heterocycles. The fourth-order valence-electron chi connectivity index (χ4n) is 5.43. The van der Waals surface area contributed by atoms with Gasteiger partial charge in [0.05, 0.1) is 56.0 Å². The molecule has 0 aliphatic carbocycles. The van der Waals surface area contributed by atoms with Crippen molar-refractivity contribution in [2.45, 2.75) is 47.1 Å². The normalized spacial score (nSPS) is 14.1. The summed E-state index contributed by atoms with van der Waals surface area (Å²) in [6.45, 7) is 13.5. The van der Waals surface area contributed by atoms with E-state index in [9.17, 15) is 19.2 Å². The number of hydrogen-bond acceptors (Lipinski definition) is 12. The minimum atomic E-state index is -1.55. The average Bonchev–Trinajstić information content (AvgIpc) is 3.37. The topological polar surface area (TPSA) is 171 Å². The highest BCUT2D eigenvalue weighted by Gasteiger charge is 2.54. The Balaban J connectivity index is 1.42. The number of nitrogens with two attached hydrogens (primary N) is 1. The number of nitrogens with one attached hydrogen (secondary N) is 1. The molecule has 2 aliphatic rings. The van der Waals surface area contributed by atoms with Crippen molar-refractivity contribution in [3.8, 4) is 23.0 Å². The Morgan fingerprint density at radius 2 is 1.21 bits per heavy atom. The van der Waals surface area contributed by atoms with Crippen LogP contribution in [-0.2, 0) is 34.1 Å². The molecule has 3 aromatic rings. The summed E-state index contributed by atoms with van der Waals surface area (Å²) in [5.41, 5.74) is 4.15.